The van der Waals surface area contributed by atoms with Crippen molar-refractivity contribution in [2.75, 3.05) is 25.4 Å². The molecule has 10 heteroatoms. The normalized spacial score (nSPS) is 13.3. The summed E-state index contributed by atoms with van der Waals surface area (Å²) >= 11 is 0. The maximum atomic E-state index is 13.4. The van der Waals surface area contributed by atoms with E-state index in [9.17, 15) is 23.1 Å². The maximum absolute atomic E-state index is 13.4. The Labute approximate surface area is 230 Å². The van der Waals surface area contributed by atoms with Crippen molar-refractivity contribution < 1.29 is 23.1 Å². The summed E-state index contributed by atoms with van der Waals surface area (Å²) in [6.45, 7) is 1.37. The second-order valence-electron chi connectivity index (χ2n) is 9.66. The lowest BCUT2D eigenvalue weighted by Crippen LogP contribution is -2.46. The number of amides is 2. The van der Waals surface area contributed by atoms with Crippen molar-refractivity contribution in [1.29, 1.82) is 0 Å². The van der Waals surface area contributed by atoms with Crippen molar-refractivity contribution in [3.63, 3.8) is 0 Å². The van der Waals surface area contributed by atoms with Crippen LogP contribution in [0.1, 0.15) is 31.7 Å². The van der Waals surface area contributed by atoms with E-state index in [0.29, 0.717) is 37.9 Å². The number of carbonyl (C=O) groups is 2. The van der Waals surface area contributed by atoms with E-state index in [-0.39, 0.29) is 17.3 Å². The number of sulfonamides is 1. The van der Waals surface area contributed by atoms with Gasteiger partial charge < -0.3 is 21.9 Å². The highest BCUT2D eigenvalue weighted by Gasteiger charge is 2.33. The first-order valence-corrected chi connectivity index (χ1v) is 14.4. The van der Waals surface area contributed by atoms with Crippen LogP contribution in [0.15, 0.2) is 71.6 Å². The Balaban J connectivity index is 1.52. The van der Waals surface area contributed by atoms with Crippen molar-refractivity contribution in [3.8, 4) is 0 Å². The molecule has 0 saturated heterocycles. The third-order valence-corrected chi connectivity index (χ3v) is 8.58. The first-order chi connectivity index (χ1) is 18.6. The van der Waals surface area contributed by atoms with Crippen molar-refractivity contribution in [1.82, 2.24) is 9.62 Å². The molecular formula is C29H37N4O5S. The third-order valence-electron chi connectivity index (χ3n) is 6.64. The summed E-state index contributed by atoms with van der Waals surface area (Å²) in [6.07, 6.45) is 3.60. The fourth-order valence-corrected chi connectivity index (χ4v) is 6.01. The van der Waals surface area contributed by atoms with E-state index in [1.54, 1.807) is 13.3 Å². The van der Waals surface area contributed by atoms with Gasteiger partial charge in [-0.15, -0.1) is 0 Å². The smallest absolute Gasteiger partial charge is 0.243 e. The molecule has 9 nitrogen and oxygen atoms in total. The number of benzene rings is 3. The molecule has 3 aromatic carbocycles. The topological polar surface area (TPSA) is 156 Å². The molecule has 209 valence electrons. The fourth-order valence-electron chi connectivity index (χ4n) is 4.27. The van der Waals surface area contributed by atoms with Gasteiger partial charge in [-0.3, -0.25) is 9.59 Å². The average Bonchev–Trinajstić information content (AvgIpc) is 2.92. The van der Waals surface area contributed by atoms with Crippen molar-refractivity contribution >= 4 is 38.3 Å². The molecule has 0 fully saturated rings. The molecule has 0 heterocycles. The Hall–Kier alpha value is -3.47. The maximum Gasteiger partial charge on any atom is 0.243 e. The molecule has 0 aliphatic rings. The number of aliphatic hydroxyl groups excluding tert-OH is 1. The second kappa shape index (κ2) is 14.1. The molecule has 6 N–H and O–H groups in total. The monoisotopic (exact) mass is 553 g/mol. The van der Waals surface area contributed by atoms with Crippen molar-refractivity contribution in [2.45, 2.75) is 43.5 Å². The number of primary amides is 1. The van der Waals surface area contributed by atoms with E-state index >= 15 is 0 Å². The van der Waals surface area contributed by atoms with Crippen LogP contribution in [-0.4, -0.2) is 55.4 Å². The van der Waals surface area contributed by atoms with Gasteiger partial charge in [-0.05, 0) is 59.9 Å². The molecule has 0 aliphatic carbocycles. The number of fused-ring (bicyclic) bond motifs is 1. The Morgan fingerprint density at radius 3 is 2.38 bits per heavy atom. The number of aliphatic hydroxyl groups is 1. The number of rotatable bonds is 15. The predicted molar refractivity (Wildman–Crippen MR) is 153 cm³/mol. The first-order valence-electron chi connectivity index (χ1n) is 13.0. The largest absolute Gasteiger partial charge is 0.399 e. The van der Waals surface area contributed by atoms with Crippen LogP contribution in [0.4, 0.5) is 5.69 Å². The minimum Gasteiger partial charge on any atom is -0.399 e. The van der Waals surface area contributed by atoms with Crippen LogP contribution >= 0.6 is 0 Å². The lowest BCUT2D eigenvalue weighted by molar-refractivity contribution is -0.121. The van der Waals surface area contributed by atoms with Gasteiger partial charge in [0.2, 0.25) is 21.8 Å². The van der Waals surface area contributed by atoms with Crippen LogP contribution in [-0.2, 0) is 26.0 Å². The summed E-state index contributed by atoms with van der Waals surface area (Å²) in [5.41, 5.74) is 12.6. The molecule has 2 atom stereocenters. The summed E-state index contributed by atoms with van der Waals surface area (Å²) in [5.74, 6) is -1.56. The van der Waals surface area contributed by atoms with Crippen LogP contribution in [0.2, 0.25) is 0 Å². The van der Waals surface area contributed by atoms with Gasteiger partial charge in [-0.2, -0.15) is 4.31 Å². The molecule has 2 unspecified atom stereocenters. The SMILES string of the molecule is CC(CN(C(CO)CCCCNC(=O)[CH]Cc1ccc2ccccc2c1)S(=O)(=O)c1ccc(N)cc1)C(N)=O. The third kappa shape index (κ3) is 8.51. The molecule has 0 aliphatic heterocycles. The number of carbonyl (C=O) groups excluding carboxylic acids is 2. The highest BCUT2D eigenvalue weighted by Crippen LogP contribution is 2.23. The molecule has 0 aromatic heterocycles. The van der Waals surface area contributed by atoms with E-state index in [2.05, 4.69) is 11.4 Å². The lowest BCUT2D eigenvalue weighted by Gasteiger charge is -2.31. The van der Waals surface area contributed by atoms with Crippen LogP contribution in [0.3, 0.4) is 0 Å². The minimum absolute atomic E-state index is 0.0148. The fraction of sp³-hybridized carbons (Fsp3) is 0.345. The number of nitrogens with zero attached hydrogens (tertiary/aromatic N) is 1. The number of unbranched alkanes of at least 4 members (excludes halogenated alkanes) is 1. The second-order valence-corrected chi connectivity index (χ2v) is 11.6. The Morgan fingerprint density at radius 2 is 1.72 bits per heavy atom. The Bertz CT molecular complexity index is 1360. The number of anilines is 1. The summed E-state index contributed by atoms with van der Waals surface area (Å²) in [6, 6.07) is 19.2. The predicted octanol–water partition coefficient (Wildman–Crippen LogP) is 2.63. The van der Waals surface area contributed by atoms with Crippen LogP contribution in [0, 0.1) is 12.3 Å². The van der Waals surface area contributed by atoms with Crippen molar-refractivity contribution in [3.05, 3.63) is 78.7 Å². The summed E-state index contributed by atoms with van der Waals surface area (Å²) in [4.78, 5) is 24.0. The van der Waals surface area contributed by atoms with Crippen LogP contribution in [0.5, 0.6) is 0 Å². The molecular weight excluding hydrogens is 516 g/mol. The number of hydrogen-bond acceptors (Lipinski definition) is 6. The highest BCUT2D eigenvalue weighted by molar-refractivity contribution is 7.89. The number of nitrogen functional groups attached to an aromatic ring is 1. The molecule has 1 radical (unpaired) electrons. The lowest BCUT2D eigenvalue weighted by atomic mass is 10.0. The molecule has 2 amide bonds. The zero-order chi connectivity index (χ0) is 28.4. The average molecular weight is 554 g/mol. The summed E-state index contributed by atoms with van der Waals surface area (Å²) in [7, 11) is -4.03. The van der Waals surface area contributed by atoms with Gasteiger partial charge >= 0.3 is 0 Å². The van der Waals surface area contributed by atoms with Gasteiger partial charge in [0, 0.05) is 30.7 Å². The number of nitrogens with two attached hydrogens (primary N) is 2. The van der Waals surface area contributed by atoms with Gasteiger partial charge in [0.25, 0.3) is 0 Å². The van der Waals surface area contributed by atoms with E-state index in [0.717, 1.165) is 20.6 Å². The van der Waals surface area contributed by atoms with Crippen LogP contribution < -0.4 is 16.8 Å². The Morgan fingerprint density at radius 1 is 1.03 bits per heavy atom. The molecule has 3 rings (SSSR count). The van der Waals surface area contributed by atoms with Gasteiger partial charge in [-0.1, -0.05) is 55.8 Å². The van der Waals surface area contributed by atoms with Crippen LogP contribution in [0.25, 0.3) is 10.8 Å². The van der Waals surface area contributed by atoms with E-state index in [1.165, 1.54) is 24.3 Å². The summed E-state index contributed by atoms with van der Waals surface area (Å²) < 4.78 is 27.9. The van der Waals surface area contributed by atoms with Crippen molar-refractivity contribution in [2.24, 2.45) is 11.7 Å². The quantitative estimate of drug-likeness (QED) is 0.167. The van der Waals surface area contributed by atoms with E-state index < -0.39 is 34.5 Å². The molecule has 0 spiro atoms. The van der Waals surface area contributed by atoms with Gasteiger partial charge in [0.1, 0.15) is 0 Å². The number of hydrogen-bond donors (Lipinski definition) is 4. The molecule has 0 saturated carbocycles. The Kier molecular flexibility index (Phi) is 10.8. The van der Waals surface area contributed by atoms with Gasteiger partial charge in [0.15, 0.2) is 0 Å². The first kappa shape index (κ1) is 30.1. The summed E-state index contributed by atoms with van der Waals surface area (Å²) in [5, 5.41) is 15.2. The zero-order valence-electron chi connectivity index (χ0n) is 22.1. The minimum atomic E-state index is -4.03. The molecule has 39 heavy (non-hydrogen) atoms. The van der Waals surface area contributed by atoms with E-state index in [1.807, 2.05) is 36.4 Å². The van der Waals surface area contributed by atoms with Gasteiger partial charge in [0.05, 0.1) is 17.9 Å². The molecule has 3 aromatic rings. The molecule has 0 bridgehead atoms. The number of nitrogens with one attached hydrogen (secondary N) is 1. The highest BCUT2D eigenvalue weighted by atomic mass is 32.2. The van der Waals surface area contributed by atoms with E-state index in [4.69, 9.17) is 11.5 Å². The standard InChI is InChI=1S/C29H37N4O5S/c1-21(29(31)36)19-33(39(37,38)27-14-12-25(30)13-15-27)26(20-34)8-4-5-17-32-28(35)16-10-22-9-11-23-6-2-3-7-24(23)18-22/h2-3,6-7,9,11-16,18,21,26,34H,4-5,8,10,17,19-20,30H2,1H3,(H2,31,36)(H,32,35). The van der Waals surface area contributed by atoms with Gasteiger partial charge in [-0.25, -0.2) is 8.42 Å². The zero-order valence-corrected chi connectivity index (χ0v) is 22.9.